The van der Waals surface area contributed by atoms with Gasteiger partial charge in [-0.1, -0.05) is 20.8 Å². The molecule has 126 valence electrons. The Bertz CT molecular complexity index is 600. The Morgan fingerprint density at radius 3 is 2.83 bits per heavy atom. The van der Waals surface area contributed by atoms with Gasteiger partial charge in [-0.25, -0.2) is 4.98 Å². The van der Waals surface area contributed by atoms with Gasteiger partial charge in [0.2, 0.25) is 0 Å². The summed E-state index contributed by atoms with van der Waals surface area (Å²) < 4.78 is 2.19. The molecular formula is C17H27N5S. The second-order valence-electron chi connectivity index (χ2n) is 6.15. The summed E-state index contributed by atoms with van der Waals surface area (Å²) in [5, 5.41) is 11.0. The molecule has 0 bridgehead atoms. The van der Waals surface area contributed by atoms with Gasteiger partial charge in [0.1, 0.15) is 5.82 Å². The predicted molar refractivity (Wildman–Crippen MR) is 98.0 cm³/mol. The van der Waals surface area contributed by atoms with Crippen LogP contribution in [0.5, 0.6) is 0 Å². The van der Waals surface area contributed by atoms with E-state index in [4.69, 9.17) is 0 Å². The molecule has 0 fully saturated rings. The second kappa shape index (κ2) is 8.72. The highest BCUT2D eigenvalue weighted by Crippen LogP contribution is 2.16. The Balaban J connectivity index is 1.82. The van der Waals surface area contributed by atoms with Crippen LogP contribution in [0, 0.1) is 5.92 Å². The first-order chi connectivity index (χ1) is 11.1. The molecule has 2 heterocycles. The first kappa shape index (κ1) is 17.5. The molecule has 1 unspecified atom stereocenters. The van der Waals surface area contributed by atoms with Gasteiger partial charge in [0.25, 0.3) is 0 Å². The number of rotatable bonds is 7. The summed E-state index contributed by atoms with van der Waals surface area (Å²) in [5.74, 6) is 2.91. The lowest BCUT2D eigenvalue weighted by Gasteiger charge is -2.16. The van der Waals surface area contributed by atoms with E-state index in [1.165, 1.54) is 5.56 Å². The molecule has 0 aliphatic carbocycles. The number of hydrogen-bond donors (Lipinski definition) is 2. The van der Waals surface area contributed by atoms with Crippen molar-refractivity contribution >= 4 is 17.3 Å². The van der Waals surface area contributed by atoms with Crippen molar-refractivity contribution in [3.8, 4) is 0 Å². The summed E-state index contributed by atoms with van der Waals surface area (Å²) in [6, 6.07) is 2.18. The fourth-order valence-electron chi connectivity index (χ4n) is 2.37. The molecule has 23 heavy (non-hydrogen) atoms. The summed E-state index contributed by atoms with van der Waals surface area (Å²) in [4.78, 5) is 8.72. The Labute approximate surface area is 142 Å². The maximum Gasteiger partial charge on any atom is 0.191 e. The molecule has 0 saturated heterocycles. The third-order valence-corrected chi connectivity index (χ3v) is 4.39. The molecule has 2 rings (SSSR count). The first-order valence-electron chi connectivity index (χ1n) is 8.06. The van der Waals surface area contributed by atoms with E-state index in [0.29, 0.717) is 18.4 Å². The zero-order valence-corrected chi connectivity index (χ0v) is 15.2. The lowest BCUT2D eigenvalue weighted by atomic mass is 10.1. The average Bonchev–Trinajstić information content (AvgIpc) is 3.18. The van der Waals surface area contributed by atoms with Crippen molar-refractivity contribution in [1.29, 1.82) is 0 Å². The molecule has 1 atom stereocenters. The highest BCUT2D eigenvalue weighted by Gasteiger charge is 2.08. The van der Waals surface area contributed by atoms with Crippen LogP contribution in [0.2, 0.25) is 0 Å². The molecule has 0 aromatic carbocycles. The number of aliphatic imine (C=N–C) groups is 1. The van der Waals surface area contributed by atoms with Crippen LogP contribution in [0.4, 0.5) is 0 Å². The fraction of sp³-hybridized carbons (Fsp3) is 0.529. The third kappa shape index (κ3) is 5.39. The summed E-state index contributed by atoms with van der Waals surface area (Å²) >= 11 is 1.74. The van der Waals surface area contributed by atoms with Crippen LogP contribution in [-0.2, 0) is 13.1 Å². The van der Waals surface area contributed by atoms with Crippen LogP contribution in [0.1, 0.15) is 38.1 Å². The van der Waals surface area contributed by atoms with E-state index in [-0.39, 0.29) is 0 Å². The standard InChI is InChI=1S/C17H27N5S/c1-13(2)11-22-7-6-19-16(22)10-21-17(18-4)20-9-14(3)15-5-8-23-12-15/h5-8,12-14H,9-11H2,1-4H3,(H2,18,20,21). The van der Waals surface area contributed by atoms with Gasteiger partial charge in [-0.15, -0.1) is 0 Å². The maximum atomic E-state index is 4.43. The van der Waals surface area contributed by atoms with Crippen LogP contribution in [0.25, 0.3) is 0 Å². The second-order valence-corrected chi connectivity index (χ2v) is 6.93. The Morgan fingerprint density at radius 2 is 2.17 bits per heavy atom. The average molecular weight is 334 g/mol. The van der Waals surface area contributed by atoms with Gasteiger partial charge in [0.15, 0.2) is 5.96 Å². The van der Waals surface area contributed by atoms with Crippen molar-refractivity contribution in [3.63, 3.8) is 0 Å². The van der Waals surface area contributed by atoms with Crippen molar-refractivity contribution in [3.05, 3.63) is 40.6 Å². The van der Waals surface area contributed by atoms with Crippen LogP contribution >= 0.6 is 11.3 Å². The molecule has 6 heteroatoms. The number of hydrogen-bond acceptors (Lipinski definition) is 3. The fourth-order valence-corrected chi connectivity index (χ4v) is 3.16. The molecule has 5 nitrogen and oxygen atoms in total. The molecule has 2 aromatic heterocycles. The SMILES string of the molecule is CN=C(NCc1nccn1CC(C)C)NCC(C)c1ccsc1. The Hall–Kier alpha value is -1.82. The highest BCUT2D eigenvalue weighted by molar-refractivity contribution is 7.07. The molecule has 0 spiro atoms. The lowest BCUT2D eigenvalue weighted by molar-refractivity contribution is 0.503. The molecule has 2 aromatic rings. The minimum absolute atomic E-state index is 0.461. The molecular weight excluding hydrogens is 306 g/mol. The minimum Gasteiger partial charge on any atom is -0.356 e. The van der Waals surface area contributed by atoms with E-state index in [2.05, 4.69) is 62.8 Å². The predicted octanol–water partition coefficient (Wildman–Crippen LogP) is 3.07. The van der Waals surface area contributed by atoms with Gasteiger partial charge in [-0.05, 0) is 34.2 Å². The van der Waals surface area contributed by atoms with E-state index in [1.807, 2.05) is 12.4 Å². The monoisotopic (exact) mass is 333 g/mol. The number of thiophene rings is 1. The zero-order chi connectivity index (χ0) is 16.7. The highest BCUT2D eigenvalue weighted by atomic mass is 32.1. The summed E-state index contributed by atoms with van der Waals surface area (Å²) in [5.41, 5.74) is 1.37. The summed E-state index contributed by atoms with van der Waals surface area (Å²) in [6.45, 7) is 9.16. The zero-order valence-electron chi connectivity index (χ0n) is 14.4. The quantitative estimate of drug-likeness (QED) is 0.605. The van der Waals surface area contributed by atoms with Crippen LogP contribution in [-0.4, -0.2) is 29.1 Å². The number of nitrogens with one attached hydrogen (secondary N) is 2. The van der Waals surface area contributed by atoms with Gasteiger partial charge in [-0.3, -0.25) is 4.99 Å². The van der Waals surface area contributed by atoms with Crippen molar-refractivity contribution < 1.29 is 0 Å². The molecule has 0 saturated carbocycles. The van der Waals surface area contributed by atoms with Gasteiger partial charge in [0, 0.05) is 32.5 Å². The van der Waals surface area contributed by atoms with Crippen LogP contribution in [0.3, 0.4) is 0 Å². The number of nitrogens with zero attached hydrogens (tertiary/aromatic N) is 3. The van der Waals surface area contributed by atoms with Gasteiger partial charge < -0.3 is 15.2 Å². The summed E-state index contributed by atoms with van der Waals surface area (Å²) in [7, 11) is 1.80. The van der Waals surface area contributed by atoms with Gasteiger partial charge >= 0.3 is 0 Å². The van der Waals surface area contributed by atoms with Crippen molar-refractivity contribution in [1.82, 2.24) is 20.2 Å². The van der Waals surface area contributed by atoms with E-state index in [9.17, 15) is 0 Å². The van der Waals surface area contributed by atoms with E-state index in [1.54, 1.807) is 18.4 Å². The van der Waals surface area contributed by atoms with Crippen LogP contribution in [0.15, 0.2) is 34.2 Å². The van der Waals surface area contributed by atoms with Gasteiger partial charge in [0.05, 0.1) is 6.54 Å². The normalized spacial score (nSPS) is 13.3. The third-order valence-electron chi connectivity index (χ3n) is 3.69. The Kier molecular flexibility index (Phi) is 6.65. The molecule has 0 aliphatic rings. The molecule has 0 amide bonds. The Morgan fingerprint density at radius 1 is 1.35 bits per heavy atom. The molecule has 0 radical (unpaired) electrons. The first-order valence-corrected chi connectivity index (χ1v) is 9.01. The topological polar surface area (TPSA) is 54.2 Å². The molecule has 2 N–H and O–H groups in total. The van der Waals surface area contributed by atoms with E-state index in [0.717, 1.165) is 24.9 Å². The maximum absolute atomic E-state index is 4.43. The number of guanidine groups is 1. The van der Waals surface area contributed by atoms with Crippen molar-refractivity contribution in [2.45, 2.75) is 39.8 Å². The van der Waals surface area contributed by atoms with Gasteiger partial charge in [-0.2, -0.15) is 11.3 Å². The molecule has 0 aliphatic heterocycles. The smallest absolute Gasteiger partial charge is 0.191 e. The van der Waals surface area contributed by atoms with E-state index < -0.39 is 0 Å². The lowest BCUT2D eigenvalue weighted by Crippen LogP contribution is -2.39. The number of aromatic nitrogens is 2. The largest absolute Gasteiger partial charge is 0.356 e. The minimum atomic E-state index is 0.461. The van der Waals surface area contributed by atoms with Crippen molar-refractivity contribution in [2.24, 2.45) is 10.9 Å². The van der Waals surface area contributed by atoms with E-state index >= 15 is 0 Å². The summed E-state index contributed by atoms with van der Waals surface area (Å²) in [6.07, 6.45) is 3.89. The number of imidazole rings is 1. The van der Waals surface area contributed by atoms with Crippen LogP contribution < -0.4 is 10.6 Å². The van der Waals surface area contributed by atoms with Crippen molar-refractivity contribution in [2.75, 3.05) is 13.6 Å².